The number of piperidine rings is 1. The summed E-state index contributed by atoms with van der Waals surface area (Å²) in [6, 6.07) is 14.9. The van der Waals surface area contributed by atoms with Crippen LogP contribution in [-0.2, 0) is 11.3 Å². The maximum atomic E-state index is 12.7. The van der Waals surface area contributed by atoms with Gasteiger partial charge in [0.2, 0.25) is 5.91 Å². The van der Waals surface area contributed by atoms with Crippen LogP contribution in [0.2, 0.25) is 5.02 Å². The third-order valence-corrected chi connectivity index (χ3v) is 4.94. The monoisotopic (exact) mass is 370 g/mol. The standard InChI is InChI=1S/C21H23ClN2O2/c1-15(25)17-6-3-9-20(12-17)23-21(26)18-7-4-10-24(14-18)13-16-5-2-8-19(22)11-16/h2-3,5-6,8-9,11-12,18H,4,7,10,13-14H2,1H3,(H,23,26). The van der Waals surface area contributed by atoms with E-state index in [0.717, 1.165) is 43.1 Å². The van der Waals surface area contributed by atoms with E-state index in [1.54, 1.807) is 18.2 Å². The fourth-order valence-corrected chi connectivity index (χ4v) is 3.58. The lowest BCUT2D eigenvalue weighted by atomic mass is 9.96. The minimum absolute atomic E-state index is 0.00791. The van der Waals surface area contributed by atoms with Crippen molar-refractivity contribution >= 4 is 29.0 Å². The van der Waals surface area contributed by atoms with Crippen LogP contribution in [0.15, 0.2) is 48.5 Å². The Bertz CT molecular complexity index is 806. The SMILES string of the molecule is CC(=O)c1cccc(NC(=O)C2CCCN(Cc3cccc(Cl)c3)C2)c1. The van der Waals surface area contributed by atoms with Crippen LogP contribution in [0.3, 0.4) is 0 Å². The Kier molecular flexibility index (Phi) is 6.07. The Labute approximate surface area is 159 Å². The quantitative estimate of drug-likeness (QED) is 0.794. The van der Waals surface area contributed by atoms with E-state index in [2.05, 4.69) is 16.3 Å². The molecule has 0 saturated carbocycles. The Balaban J connectivity index is 1.61. The van der Waals surface area contributed by atoms with E-state index in [-0.39, 0.29) is 17.6 Å². The summed E-state index contributed by atoms with van der Waals surface area (Å²) in [6.45, 7) is 4.03. The molecule has 0 aromatic heterocycles. The molecule has 136 valence electrons. The number of amides is 1. The molecule has 1 unspecified atom stereocenters. The fraction of sp³-hybridized carbons (Fsp3) is 0.333. The lowest BCUT2D eigenvalue weighted by molar-refractivity contribution is -0.121. The summed E-state index contributed by atoms with van der Waals surface area (Å²) in [6.07, 6.45) is 1.87. The van der Waals surface area contributed by atoms with E-state index < -0.39 is 0 Å². The van der Waals surface area contributed by atoms with Crippen molar-refractivity contribution < 1.29 is 9.59 Å². The summed E-state index contributed by atoms with van der Waals surface area (Å²) in [5.74, 6) is -0.0446. The van der Waals surface area contributed by atoms with Gasteiger partial charge in [0.25, 0.3) is 0 Å². The Morgan fingerprint density at radius 3 is 2.77 bits per heavy atom. The zero-order chi connectivity index (χ0) is 18.5. The van der Waals surface area contributed by atoms with Gasteiger partial charge in [0.05, 0.1) is 5.92 Å². The van der Waals surface area contributed by atoms with Crippen molar-refractivity contribution in [1.29, 1.82) is 0 Å². The minimum Gasteiger partial charge on any atom is -0.326 e. The molecule has 0 radical (unpaired) electrons. The van der Waals surface area contributed by atoms with Gasteiger partial charge in [-0.1, -0.05) is 35.9 Å². The van der Waals surface area contributed by atoms with Gasteiger partial charge in [-0.15, -0.1) is 0 Å². The van der Waals surface area contributed by atoms with Gasteiger partial charge in [-0.05, 0) is 56.1 Å². The highest BCUT2D eigenvalue weighted by Gasteiger charge is 2.26. The molecule has 1 fully saturated rings. The van der Waals surface area contributed by atoms with Crippen molar-refractivity contribution in [1.82, 2.24) is 4.90 Å². The van der Waals surface area contributed by atoms with Crippen molar-refractivity contribution in [2.75, 3.05) is 18.4 Å². The van der Waals surface area contributed by atoms with Gasteiger partial charge < -0.3 is 5.32 Å². The molecule has 1 heterocycles. The van der Waals surface area contributed by atoms with Crippen LogP contribution in [0.1, 0.15) is 35.7 Å². The summed E-state index contributed by atoms with van der Waals surface area (Å²) < 4.78 is 0. The molecular formula is C21H23ClN2O2. The molecule has 3 rings (SSSR count). The first-order valence-corrected chi connectivity index (χ1v) is 9.28. The summed E-state index contributed by atoms with van der Waals surface area (Å²) in [5, 5.41) is 3.70. The molecule has 0 bridgehead atoms. The Morgan fingerprint density at radius 2 is 2.00 bits per heavy atom. The largest absolute Gasteiger partial charge is 0.326 e. The first kappa shape index (κ1) is 18.6. The zero-order valence-electron chi connectivity index (χ0n) is 14.9. The number of rotatable bonds is 5. The molecule has 0 spiro atoms. The summed E-state index contributed by atoms with van der Waals surface area (Å²) in [4.78, 5) is 26.5. The van der Waals surface area contributed by atoms with E-state index in [1.807, 2.05) is 24.3 Å². The normalized spacial score (nSPS) is 17.7. The molecule has 1 aliphatic heterocycles. The zero-order valence-corrected chi connectivity index (χ0v) is 15.6. The average molecular weight is 371 g/mol. The molecule has 2 aromatic rings. The van der Waals surface area contributed by atoms with Crippen LogP contribution in [0.25, 0.3) is 0 Å². The van der Waals surface area contributed by atoms with Crippen LogP contribution in [0.4, 0.5) is 5.69 Å². The number of benzene rings is 2. The van der Waals surface area contributed by atoms with Crippen LogP contribution < -0.4 is 5.32 Å². The summed E-state index contributed by atoms with van der Waals surface area (Å²) in [7, 11) is 0. The summed E-state index contributed by atoms with van der Waals surface area (Å²) >= 11 is 6.06. The van der Waals surface area contributed by atoms with Crippen LogP contribution in [0, 0.1) is 5.92 Å². The van der Waals surface area contributed by atoms with Gasteiger partial charge in [-0.3, -0.25) is 14.5 Å². The predicted molar refractivity (Wildman–Crippen MR) is 105 cm³/mol. The van der Waals surface area contributed by atoms with E-state index in [1.165, 1.54) is 6.92 Å². The van der Waals surface area contributed by atoms with Crippen molar-refractivity contribution in [3.8, 4) is 0 Å². The van der Waals surface area contributed by atoms with Gasteiger partial charge in [0.15, 0.2) is 5.78 Å². The first-order valence-electron chi connectivity index (χ1n) is 8.90. The van der Waals surface area contributed by atoms with Crippen LogP contribution in [-0.4, -0.2) is 29.7 Å². The number of likely N-dealkylation sites (tertiary alicyclic amines) is 1. The van der Waals surface area contributed by atoms with Crippen molar-refractivity contribution in [3.05, 3.63) is 64.7 Å². The second-order valence-electron chi connectivity index (χ2n) is 6.83. The Hall–Kier alpha value is -2.17. The fourth-order valence-electron chi connectivity index (χ4n) is 3.37. The summed E-state index contributed by atoms with van der Waals surface area (Å²) in [5.41, 5.74) is 2.44. The maximum Gasteiger partial charge on any atom is 0.228 e. The third-order valence-electron chi connectivity index (χ3n) is 4.71. The topological polar surface area (TPSA) is 49.4 Å². The van der Waals surface area contributed by atoms with Crippen LogP contribution in [0.5, 0.6) is 0 Å². The van der Waals surface area contributed by atoms with Crippen molar-refractivity contribution in [2.45, 2.75) is 26.3 Å². The number of hydrogen-bond acceptors (Lipinski definition) is 3. The molecule has 26 heavy (non-hydrogen) atoms. The number of carbonyl (C=O) groups is 2. The van der Waals surface area contributed by atoms with Gasteiger partial charge in [0, 0.05) is 29.4 Å². The minimum atomic E-state index is -0.0519. The number of carbonyl (C=O) groups excluding carboxylic acids is 2. The average Bonchev–Trinajstić information content (AvgIpc) is 2.62. The number of anilines is 1. The number of nitrogens with zero attached hydrogens (tertiary/aromatic N) is 1. The first-order chi connectivity index (χ1) is 12.5. The van der Waals surface area contributed by atoms with E-state index in [0.29, 0.717) is 11.3 Å². The lowest BCUT2D eigenvalue weighted by Crippen LogP contribution is -2.40. The highest BCUT2D eigenvalue weighted by molar-refractivity contribution is 6.30. The molecule has 1 aliphatic rings. The molecule has 4 nitrogen and oxygen atoms in total. The predicted octanol–water partition coefficient (Wildman–Crippen LogP) is 4.39. The molecule has 1 atom stereocenters. The molecule has 1 amide bonds. The molecule has 0 aliphatic carbocycles. The third kappa shape index (κ3) is 4.93. The number of Topliss-reactive ketones (excluding diaryl/α,β-unsaturated/α-hetero) is 1. The second kappa shape index (κ2) is 8.47. The number of halogens is 1. The molecule has 1 N–H and O–H groups in total. The molecule has 2 aromatic carbocycles. The number of nitrogens with one attached hydrogen (secondary N) is 1. The number of ketones is 1. The van der Waals surface area contributed by atoms with Gasteiger partial charge in [0.1, 0.15) is 0 Å². The van der Waals surface area contributed by atoms with Gasteiger partial charge in [-0.25, -0.2) is 0 Å². The van der Waals surface area contributed by atoms with Crippen LogP contribution >= 0.6 is 11.6 Å². The second-order valence-corrected chi connectivity index (χ2v) is 7.27. The lowest BCUT2D eigenvalue weighted by Gasteiger charge is -2.32. The van der Waals surface area contributed by atoms with Crippen molar-refractivity contribution in [3.63, 3.8) is 0 Å². The number of hydrogen-bond donors (Lipinski definition) is 1. The van der Waals surface area contributed by atoms with E-state index in [4.69, 9.17) is 11.6 Å². The maximum absolute atomic E-state index is 12.7. The smallest absolute Gasteiger partial charge is 0.228 e. The van der Waals surface area contributed by atoms with E-state index in [9.17, 15) is 9.59 Å². The highest BCUT2D eigenvalue weighted by atomic mass is 35.5. The van der Waals surface area contributed by atoms with Crippen molar-refractivity contribution in [2.24, 2.45) is 5.92 Å². The molecular weight excluding hydrogens is 348 g/mol. The Morgan fingerprint density at radius 1 is 1.19 bits per heavy atom. The molecule has 1 saturated heterocycles. The van der Waals surface area contributed by atoms with E-state index >= 15 is 0 Å². The van der Waals surface area contributed by atoms with Gasteiger partial charge >= 0.3 is 0 Å². The van der Waals surface area contributed by atoms with Gasteiger partial charge in [-0.2, -0.15) is 0 Å². The molecule has 5 heteroatoms. The highest BCUT2D eigenvalue weighted by Crippen LogP contribution is 2.22.